The number of aromatic nitrogens is 2. The summed E-state index contributed by atoms with van der Waals surface area (Å²) in [5.74, 6) is 2.11. The Bertz CT molecular complexity index is 1200. The smallest absolute Gasteiger partial charge is 0.224 e. The van der Waals surface area contributed by atoms with E-state index in [1.54, 1.807) is 12.0 Å². The highest BCUT2D eigenvalue weighted by atomic mass is 16.5. The van der Waals surface area contributed by atoms with Gasteiger partial charge < -0.3 is 30.0 Å². The van der Waals surface area contributed by atoms with Gasteiger partial charge in [-0.1, -0.05) is 0 Å². The molecule has 3 aromatic rings. The lowest BCUT2D eigenvalue weighted by molar-refractivity contribution is -0.132. The van der Waals surface area contributed by atoms with E-state index in [0.717, 1.165) is 72.6 Å². The van der Waals surface area contributed by atoms with E-state index in [2.05, 4.69) is 21.7 Å². The first-order valence-corrected chi connectivity index (χ1v) is 12.5. The van der Waals surface area contributed by atoms with Crippen molar-refractivity contribution in [3.8, 4) is 22.9 Å². The van der Waals surface area contributed by atoms with E-state index in [0.29, 0.717) is 30.4 Å². The number of methoxy groups -OCH3 is 1. The third-order valence-electron chi connectivity index (χ3n) is 7.15. The van der Waals surface area contributed by atoms with Gasteiger partial charge in [0.15, 0.2) is 11.5 Å². The molecule has 0 radical (unpaired) electrons. The van der Waals surface area contributed by atoms with Crippen molar-refractivity contribution < 1.29 is 14.3 Å². The van der Waals surface area contributed by atoms with E-state index in [1.807, 2.05) is 38.2 Å². The zero-order chi connectivity index (χ0) is 24.4. The van der Waals surface area contributed by atoms with Gasteiger partial charge in [0.1, 0.15) is 0 Å². The van der Waals surface area contributed by atoms with Gasteiger partial charge in [0.2, 0.25) is 5.91 Å². The molecule has 0 spiro atoms. The van der Waals surface area contributed by atoms with Gasteiger partial charge in [-0.3, -0.25) is 4.79 Å². The van der Waals surface area contributed by atoms with Crippen molar-refractivity contribution in [2.75, 3.05) is 45.7 Å². The number of hydrogen-bond donors (Lipinski definition) is 3. The third kappa shape index (κ3) is 5.22. The van der Waals surface area contributed by atoms with Crippen LogP contribution in [0.2, 0.25) is 0 Å². The van der Waals surface area contributed by atoms with Crippen molar-refractivity contribution in [3.05, 3.63) is 36.0 Å². The van der Waals surface area contributed by atoms with Gasteiger partial charge >= 0.3 is 0 Å². The number of amides is 1. The van der Waals surface area contributed by atoms with Crippen LogP contribution in [0.15, 0.2) is 30.3 Å². The van der Waals surface area contributed by atoms with Crippen LogP contribution in [0.3, 0.4) is 0 Å². The van der Waals surface area contributed by atoms with Gasteiger partial charge in [0.25, 0.3) is 0 Å². The number of hydrogen-bond acceptors (Lipinski definition) is 6. The summed E-state index contributed by atoms with van der Waals surface area (Å²) in [5.41, 5.74) is 4.67. The number of nitrogens with one attached hydrogen (secondary N) is 3. The largest absolute Gasteiger partial charge is 0.493 e. The van der Waals surface area contributed by atoms with Crippen LogP contribution in [-0.4, -0.2) is 67.2 Å². The highest BCUT2D eigenvalue weighted by Crippen LogP contribution is 2.38. The Balaban J connectivity index is 1.51. The molecular weight excluding hydrogens is 442 g/mol. The van der Waals surface area contributed by atoms with E-state index in [4.69, 9.17) is 14.5 Å². The van der Waals surface area contributed by atoms with E-state index in [-0.39, 0.29) is 11.9 Å². The molecule has 2 fully saturated rings. The maximum atomic E-state index is 12.3. The van der Waals surface area contributed by atoms with Crippen LogP contribution >= 0.6 is 0 Å². The summed E-state index contributed by atoms with van der Waals surface area (Å²) in [6.45, 7) is 5.53. The molecule has 2 saturated heterocycles. The Morgan fingerprint density at radius 3 is 2.69 bits per heavy atom. The maximum absolute atomic E-state index is 12.3. The SMILES string of the molecule is COc1cc2c(NC3CCN(C)C(=O)C3)cc(-c3ccc(C)[nH]3)nc2cc1OCC1CCNCC1. The number of H-pyrrole nitrogens is 1. The second-order valence-corrected chi connectivity index (χ2v) is 9.78. The van der Waals surface area contributed by atoms with Crippen LogP contribution in [0.4, 0.5) is 5.69 Å². The third-order valence-corrected chi connectivity index (χ3v) is 7.15. The van der Waals surface area contributed by atoms with E-state index in [1.165, 1.54) is 0 Å². The summed E-state index contributed by atoms with van der Waals surface area (Å²) in [7, 11) is 3.53. The molecule has 186 valence electrons. The molecule has 2 aliphatic heterocycles. The molecule has 1 unspecified atom stereocenters. The molecule has 1 aromatic carbocycles. The molecule has 8 nitrogen and oxygen atoms in total. The lowest BCUT2D eigenvalue weighted by atomic mass is 9.99. The zero-order valence-corrected chi connectivity index (χ0v) is 20.8. The Morgan fingerprint density at radius 2 is 1.97 bits per heavy atom. The van der Waals surface area contributed by atoms with Gasteiger partial charge in [-0.25, -0.2) is 4.98 Å². The Labute approximate surface area is 206 Å². The fourth-order valence-electron chi connectivity index (χ4n) is 4.96. The number of carbonyl (C=O) groups excluding carboxylic acids is 1. The van der Waals surface area contributed by atoms with Crippen molar-refractivity contribution in [2.45, 2.75) is 38.6 Å². The fourth-order valence-corrected chi connectivity index (χ4v) is 4.96. The Morgan fingerprint density at radius 1 is 1.14 bits per heavy atom. The topological polar surface area (TPSA) is 91.5 Å². The first-order chi connectivity index (χ1) is 17.0. The molecule has 4 heterocycles. The van der Waals surface area contributed by atoms with Gasteiger partial charge in [-0.05, 0) is 69.5 Å². The van der Waals surface area contributed by atoms with Crippen molar-refractivity contribution in [1.82, 2.24) is 20.2 Å². The van der Waals surface area contributed by atoms with Crippen LogP contribution in [0.1, 0.15) is 31.4 Å². The molecule has 35 heavy (non-hydrogen) atoms. The molecule has 2 aliphatic rings. The standard InChI is InChI=1S/C27H35N5O3/c1-17-4-5-21(29-17)24-14-22(30-19-8-11-32(2)27(33)12-19)20-13-25(34-3)26(15-23(20)31-24)35-16-18-6-9-28-10-7-18/h4-5,13-15,18-19,28-29H,6-12,16H2,1-3H3,(H,30,31). The van der Waals surface area contributed by atoms with E-state index < -0.39 is 0 Å². The monoisotopic (exact) mass is 477 g/mol. The molecule has 5 rings (SSSR count). The summed E-state index contributed by atoms with van der Waals surface area (Å²) in [6.07, 6.45) is 3.62. The Hall–Kier alpha value is -3.26. The summed E-state index contributed by atoms with van der Waals surface area (Å²) < 4.78 is 12.0. The number of nitrogens with zero attached hydrogens (tertiary/aromatic N) is 2. The van der Waals surface area contributed by atoms with Gasteiger partial charge in [-0.15, -0.1) is 0 Å². The van der Waals surface area contributed by atoms with E-state index >= 15 is 0 Å². The number of aromatic amines is 1. The van der Waals surface area contributed by atoms with Gasteiger partial charge in [-0.2, -0.15) is 0 Å². The van der Waals surface area contributed by atoms with Gasteiger partial charge in [0.05, 0.1) is 30.6 Å². The molecule has 2 aromatic heterocycles. The number of pyridine rings is 1. The summed E-state index contributed by atoms with van der Waals surface area (Å²) in [5, 5.41) is 8.00. The summed E-state index contributed by atoms with van der Waals surface area (Å²) >= 11 is 0. The number of likely N-dealkylation sites (tertiary alicyclic amines) is 1. The highest BCUT2D eigenvalue weighted by Gasteiger charge is 2.24. The number of anilines is 1. The number of ether oxygens (including phenoxy) is 2. The molecular formula is C27H35N5O3. The predicted octanol–water partition coefficient (Wildman–Crippen LogP) is 3.96. The van der Waals surface area contributed by atoms with Crippen molar-refractivity contribution in [2.24, 2.45) is 5.92 Å². The lowest BCUT2D eigenvalue weighted by Gasteiger charge is -2.30. The molecule has 0 aliphatic carbocycles. The van der Waals surface area contributed by atoms with Crippen molar-refractivity contribution in [3.63, 3.8) is 0 Å². The molecule has 0 bridgehead atoms. The minimum atomic E-state index is 0.0735. The van der Waals surface area contributed by atoms with Crippen molar-refractivity contribution >= 4 is 22.5 Å². The Kier molecular flexibility index (Phi) is 6.81. The first kappa shape index (κ1) is 23.5. The molecule has 3 N–H and O–H groups in total. The number of piperidine rings is 2. The molecule has 0 saturated carbocycles. The first-order valence-electron chi connectivity index (χ1n) is 12.5. The molecule has 1 amide bonds. The van der Waals surface area contributed by atoms with Crippen LogP contribution in [-0.2, 0) is 4.79 Å². The normalized spacial score (nSPS) is 19.2. The van der Waals surface area contributed by atoms with E-state index in [9.17, 15) is 4.79 Å². The number of fused-ring (bicyclic) bond motifs is 1. The average Bonchev–Trinajstić information content (AvgIpc) is 3.31. The fraction of sp³-hybridized carbons (Fsp3) is 0.481. The summed E-state index contributed by atoms with van der Waals surface area (Å²) in [6, 6.07) is 10.2. The number of carbonyl (C=O) groups is 1. The molecule has 8 heteroatoms. The van der Waals surface area contributed by atoms with Crippen molar-refractivity contribution in [1.29, 1.82) is 0 Å². The lowest BCUT2D eigenvalue weighted by Crippen LogP contribution is -2.41. The van der Waals surface area contributed by atoms with Gasteiger partial charge in [0, 0.05) is 48.9 Å². The highest BCUT2D eigenvalue weighted by molar-refractivity contribution is 5.96. The number of benzene rings is 1. The van der Waals surface area contributed by atoms with Crippen LogP contribution in [0, 0.1) is 12.8 Å². The minimum Gasteiger partial charge on any atom is -0.493 e. The number of aryl methyl sites for hydroxylation is 1. The predicted molar refractivity (Wildman–Crippen MR) is 138 cm³/mol. The van der Waals surface area contributed by atoms with Crippen LogP contribution < -0.4 is 20.1 Å². The molecule has 1 atom stereocenters. The minimum absolute atomic E-state index is 0.0735. The second kappa shape index (κ2) is 10.2. The zero-order valence-electron chi connectivity index (χ0n) is 20.8. The summed E-state index contributed by atoms with van der Waals surface area (Å²) in [4.78, 5) is 22.5. The maximum Gasteiger partial charge on any atom is 0.224 e. The average molecular weight is 478 g/mol. The van der Waals surface area contributed by atoms with Crippen LogP contribution in [0.5, 0.6) is 11.5 Å². The second-order valence-electron chi connectivity index (χ2n) is 9.78. The number of rotatable bonds is 7. The van der Waals surface area contributed by atoms with Crippen LogP contribution in [0.25, 0.3) is 22.3 Å². The quantitative estimate of drug-likeness (QED) is 0.477.